The van der Waals surface area contributed by atoms with Gasteiger partial charge in [-0.1, -0.05) is 13.3 Å². The van der Waals surface area contributed by atoms with Gasteiger partial charge in [0, 0.05) is 19.6 Å². The summed E-state index contributed by atoms with van der Waals surface area (Å²) in [7, 11) is 0. The van der Waals surface area contributed by atoms with Crippen molar-refractivity contribution >= 4 is 5.97 Å². The fourth-order valence-electron chi connectivity index (χ4n) is 1.09. The Bertz CT molecular complexity index is 159. The zero-order chi connectivity index (χ0) is 12.1. The molecule has 0 spiro atoms. The normalized spacial score (nSPS) is 10.4. The second kappa shape index (κ2) is 12.5. The topological polar surface area (TPSA) is 44.8 Å². The summed E-state index contributed by atoms with van der Waals surface area (Å²) in [6, 6.07) is 0. The minimum absolute atomic E-state index is 0.123. The minimum Gasteiger partial charge on any atom is -0.466 e. The SMILES string of the molecule is CCCCOC(=O)CCCOCCOCC. The lowest BCUT2D eigenvalue weighted by molar-refractivity contribution is -0.144. The number of hydrogen-bond donors (Lipinski definition) is 0. The van der Waals surface area contributed by atoms with Gasteiger partial charge in [-0.05, 0) is 19.8 Å². The lowest BCUT2D eigenvalue weighted by Gasteiger charge is -2.05. The zero-order valence-corrected chi connectivity index (χ0v) is 10.5. The smallest absolute Gasteiger partial charge is 0.305 e. The zero-order valence-electron chi connectivity index (χ0n) is 10.5. The van der Waals surface area contributed by atoms with Crippen LogP contribution in [0.2, 0.25) is 0 Å². The van der Waals surface area contributed by atoms with Gasteiger partial charge in [0.15, 0.2) is 0 Å². The van der Waals surface area contributed by atoms with E-state index in [0.717, 1.165) is 19.3 Å². The largest absolute Gasteiger partial charge is 0.466 e. The van der Waals surface area contributed by atoms with Crippen LogP contribution in [0.1, 0.15) is 39.5 Å². The average Bonchev–Trinajstić information content (AvgIpc) is 2.28. The van der Waals surface area contributed by atoms with Gasteiger partial charge in [-0.3, -0.25) is 4.79 Å². The highest BCUT2D eigenvalue weighted by Crippen LogP contribution is 1.96. The summed E-state index contributed by atoms with van der Waals surface area (Å²) in [4.78, 5) is 11.2. The van der Waals surface area contributed by atoms with Crippen LogP contribution < -0.4 is 0 Å². The molecule has 0 saturated heterocycles. The Morgan fingerprint density at radius 2 is 1.69 bits per heavy atom. The van der Waals surface area contributed by atoms with Crippen molar-refractivity contribution in [2.45, 2.75) is 39.5 Å². The predicted molar refractivity (Wildman–Crippen MR) is 62.4 cm³/mol. The molecule has 0 fully saturated rings. The van der Waals surface area contributed by atoms with E-state index in [2.05, 4.69) is 6.92 Å². The van der Waals surface area contributed by atoms with Crippen LogP contribution >= 0.6 is 0 Å². The van der Waals surface area contributed by atoms with Crippen molar-refractivity contribution in [1.29, 1.82) is 0 Å². The standard InChI is InChI=1S/C12H24O4/c1-3-5-9-16-12(13)7-6-8-15-11-10-14-4-2/h3-11H2,1-2H3. The van der Waals surface area contributed by atoms with E-state index in [1.54, 1.807) is 0 Å². The highest BCUT2D eigenvalue weighted by atomic mass is 16.5. The lowest BCUT2D eigenvalue weighted by Crippen LogP contribution is -2.09. The molecule has 0 aromatic rings. The maximum Gasteiger partial charge on any atom is 0.305 e. The Balaban J connectivity index is 3.09. The quantitative estimate of drug-likeness (QED) is 0.404. The Hall–Kier alpha value is -0.610. The molecule has 0 heterocycles. The molecule has 16 heavy (non-hydrogen) atoms. The van der Waals surface area contributed by atoms with Crippen molar-refractivity contribution in [3.63, 3.8) is 0 Å². The third-order valence-electron chi connectivity index (χ3n) is 2.01. The maximum absolute atomic E-state index is 11.2. The average molecular weight is 232 g/mol. The first-order valence-electron chi connectivity index (χ1n) is 6.12. The van der Waals surface area contributed by atoms with Crippen LogP contribution in [-0.4, -0.2) is 39.0 Å². The van der Waals surface area contributed by atoms with E-state index in [1.165, 1.54) is 0 Å². The maximum atomic E-state index is 11.2. The van der Waals surface area contributed by atoms with E-state index in [9.17, 15) is 4.79 Å². The predicted octanol–water partition coefficient (Wildman–Crippen LogP) is 2.16. The molecule has 0 amide bonds. The van der Waals surface area contributed by atoms with Gasteiger partial charge in [-0.15, -0.1) is 0 Å². The van der Waals surface area contributed by atoms with Crippen molar-refractivity contribution < 1.29 is 19.0 Å². The number of carbonyl (C=O) groups excluding carboxylic acids is 1. The van der Waals surface area contributed by atoms with Gasteiger partial charge in [0.25, 0.3) is 0 Å². The summed E-state index contributed by atoms with van der Waals surface area (Å²) in [6.45, 7) is 7.09. The summed E-state index contributed by atoms with van der Waals surface area (Å²) in [5, 5.41) is 0. The van der Waals surface area contributed by atoms with E-state index >= 15 is 0 Å². The molecule has 0 N–H and O–H groups in total. The molecule has 0 aliphatic rings. The Labute approximate surface area is 98.3 Å². The number of hydrogen-bond acceptors (Lipinski definition) is 4. The molecule has 96 valence electrons. The summed E-state index contributed by atoms with van der Waals surface area (Å²) in [5.41, 5.74) is 0. The van der Waals surface area contributed by atoms with Crippen LogP contribution in [-0.2, 0) is 19.0 Å². The van der Waals surface area contributed by atoms with Crippen molar-refractivity contribution in [3.05, 3.63) is 0 Å². The first-order chi connectivity index (χ1) is 7.81. The van der Waals surface area contributed by atoms with Crippen LogP contribution in [0.4, 0.5) is 0 Å². The number of unbranched alkanes of at least 4 members (excludes halogenated alkanes) is 1. The first-order valence-corrected chi connectivity index (χ1v) is 6.12. The second-order valence-corrected chi connectivity index (χ2v) is 3.49. The summed E-state index contributed by atoms with van der Waals surface area (Å²) >= 11 is 0. The van der Waals surface area contributed by atoms with Crippen LogP contribution in [0.15, 0.2) is 0 Å². The second-order valence-electron chi connectivity index (χ2n) is 3.49. The highest BCUT2D eigenvalue weighted by Gasteiger charge is 2.01. The number of rotatable bonds is 11. The molecule has 0 aromatic carbocycles. The van der Waals surface area contributed by atoms with Gasteiger partial charge in [0.1, 0.15) is 0 Å². The van der Waals surface area contributed by atoms with E-state index < -0.39 is 0 Å². The van der Waals surface area contributed by atoms with E-state index in [1.807, 2.05) is 6.92 Å². The third-order valence-corrected chi connectivity index (χ3v) is 2.01. The lowest BCUT2D eigenvalue weighted by atomic mass is 10.3. The van der Waals surface area contributed by atoms with Gasteiger partial charge < -0.3 is 14.2 Å². The van der Waals surface area contributed by atoms with Crippen molar-refractivity contribution in [2.75, 3.05) is 33.0 Å². The molecule has 0 unspecified atom stereocenters. The Kier molecular flexibility index (Phi) is 12.0. The van der Waals surface area contributed by atoms with Crippen LogP contribution in [0, 0.1) is 0 Å². The molecule has 4 heteroatoms. The van der Waals surface area contributed by atoms with Crippen LogP contribution in [0.5, 0.6) is 0 Å². The first kappa shape index (κ1) is 15.4. The molecular formula is C12H24O4. The van der Waals surface area contributed by atoms with Gasteiger partial charge in [0.05, 0.1) is 19.8 Å². The monoisotopic (exact) mass is 232 g/mol. The molecular weight excluding hydrogens is 208 g/mol. The molecule has 4 nitrogen and oxygen atoms in total. The van der Waals surface area contributed by atoms with Gasteiger partial charge >= 0.3 is 5.97 Å². The number of carbonyl (C=O) groups is 1. The van der Waals surface area contributed by atoms with Gasteiger partial charge in [-0.2, -0.15) is 0 Å². The molecule has 0 aliphatic heterocycles. The van der Waals surface area contributed by atoms with Crippen molar-refractivity contribution in [3.8, 4) is 0 Å². The summed E-state index contributed by atoms with van der Waals surface area (Å²) in [5.74, 6) is -0.123. The van der Waals surface area contributed by atoms with Gasteiger partial charge in [-0.25, -0.2) is 0 Å². The Morgan fingerprint density at radius 1 is 0.938 bits per heavy atom. The van der Waals surface area contributed by atoms with E-state index in [-0.39, 0.29) is 5.97 Å². The van der Waals surface area contributed by atoms with E-state index in [0.29, 0.717) is 39.5 Å². The van der Waals surface area contributed by atoms with Crippen LogP contribution in [0.3, 0.4) is 0 Å². The van der Waals surface area contributed by atoms with Crippen LogP contribution in [0.25, 0.3) is 0 Å². The van der Waals surface area contributed by atoms with Crippen molar-refractivity contribution in [2.24, 2.45) is 0 Å². The number of esters is 1. The fraction of sp³-hybridized carbons (Fsp3) is 0.917. The molecule has 0 bridgehead atoms. The van der Waals surface area contributed by atoms with Crippen molar-refractivity contribution in [1.82, 2.24) is 0 Å². The molecule has 0 rings (SSSR count). The molecule has 0 aliphatic carbocycles. The third kappa shape index (κ3) is 11.5. The Morgan fingerprint density at radius 3 is 2.38 bits per heavy atom. The van der Waals surface area contributed by atoms with E-state index in [4.69, 9.17) is 14.2 Å². The molecule has 0 aromatic heterocycles. The molecule has 0 atom stereocenters. The number of ether oxygens (including phenoxy) is 3. The van der Waals surface area contributed by atoms with Gasteiger partial charge in [0.2, 0.25) is 0 Å². The summed E-state index contributed by atoms with van der Waals surface area (Å²) < 4.78 is 15.4. The molecule has 0 radical (unpaired) electrons. The fourth-order valence-corrected chi connectivity index (χ4v) is 1.09. The molecule has 0 saturated carbocycles. The summed E-state index contributed by atoms with van der Waals surface area (Å²) in [6.07, 6.45) is 3.15. The minimum atomic E-state index is -0.123. The highest BCUT2D eigenvalue weighted by molar-refractivity contribution is 5.69.